The fourth-order valence-corrected chi connectivity index (χ4v) is 4.81. The van der Waals surface area contributed by atoms with Crippen molar-refractivity contribution in [1.29, 1.82) is 0 Å². The number of benzene rings is 3. The maximum absolute atomic E-state index is 13.2. The molecule has 3 aromatic carbocycles. The first-order valence-electron chi connectivity index (χ1n) is 11.0. The highest BCUT2D eigenvalue weighted by Crippen LogP contribution is 2.34. The van der Waals surface area contributed by atoms with E-state index in [1.807, 2.05) is 78.2 Å². The summed E-state index contributed by atoms with van der Waals surface area (Å²) in [7, 11) is 5.01. The fraction of sp³-hybridized carbons (Fsp3) is 0.148. The van der Waals surface area contributed by atoms with Gasteiger partial charge in [0.2, 0.25) is 4.80 Å². The van der Waals surface area contributed by atoms with Crippen molar-refractivity contribution < 1.29 is 14.3 Å². The molecule has 1 amide bonds. The Balaban J connectivity index is 1.72. The van der Waals surface area contributed by atoms with Gasteiger partial charge in [0.05, 0.1) is 32.1 Å². The Kier molecular flexibility index (Phi) is 6.20. The summed E-state index contributed by atoms with van der Waals surface area (Å²) >= 11 is 1.46. The lowest BCUT2D eigenvalue weighted by Gasteiger charge is -2.11. The molecule has 0 unspecified atom stereocenters. The zero-order valence-electron chi connectivity index (χ0n) is 19.6. The van der Waals surface area contributed by atoms with Gasteiger partial charge in [-0.05, 0) is 29.8 Å². The highest BCUT2D eigenvalue weighted by molar-refractivity contribution is 7.07. The van der Waals surface area contributed by atoms with Crippen LogP contribution in [0.2, 0.25) is 0 Å². The van der Waals surface area contributed by atoms with Crippen molar-refractivity contribution in [1.82, 2.24) is 4.68 Å². The number of nitrogens with zero attached hydrogens (tertiary/aromatic N) is 4. The molecule has 1 aliphatic rings. The Hall–Kier alpha value is -4.17. The van der Waals surface area contributed by atoms with Crippen LogP contribution in [0.15, 0.2) is 88.3 Å². The quantitative estimate of drug-likeness (QED) is 0.403. The number of amides is 1. The van der Waals surface area contributed by atoms with Gasteiger partial charge in [0, 0.05) is 23.6 Å². The number of para-hydroxylation sites is 1. The van der Waals surface area contributed by atoms with Crippen LogP contribution in [0.5, 0.6) is 11.5 Å². The Morgan fingerprint density at radius 1 is 0.914 bits per heavy atom. The maximum atomic E-state index is 13.2. The zero-order chi connectivity index (χ0) is 24.4. The number of hydrogen-bond donors (Lipinski definition) is 0. The van der Waals surface area contributed by atoms with Crippen LogP contribution in [0.4, 0.5) is 5.69 Å². The van der Waals surface area contributed by atoms with Crippen molar-refractivity contribution >= 4 is 28.6 Å². The molecule has 176 valence electrons. The molecule has 1 aromatic heterocycles. The second-order valence-corrected chi connectivity index (χ2v) is 8.75. The average Bonchev–Trinajstić information content (AvgIpc) is 3.42. The molecule has 0 spiro atoms. The van der Waals surface area contributed by atoms with E-state index in [2.05, 4.69) is 0 Å². The van der Waals surface area contributed by atoms with Gasteiger partial charge in [-0.3, -0.25) is 9.79 Å². The zero-order valence-corrected chi connectivity index (χ0v) is 20.5. The molecule has 5 rings (SSSR count). The van der Waals surface area contributed by atoms with E-state index in [0.29, 0.717) is 28.6 Å². The number of hydrogen-bond acceptors (Lipinski definition) is 6. The molecule has 0 aliphatic carbocycles. The van der Waals surface area contributed by atoms with Gasteiger partial charge in [0.25, 0.3) is 5.91 Å². The van der Waals surface area contributed by atoms with Gasteiger partial charge < -0.3 is 14.4 Å². The molecule has 0 saturated heterocycles. The molecule has 0 bridgehead atoms. The molecule has 35 heavy (non-hydrogen) atoms. The fourth-order valence-electron chi connectivity index (χ4n) is 3.99. The van der Waals surface area contributed by atoms with E-state index in [4.69, 9.17) is 19.6 Å². The number of carbonyl (C=O) groups excluding carboxylic acids is 1. The third kappa shape index (κ3) is 4.24. The average molecular weight is 485 g/mol. The van der Waals surface area contributed by atoms with Gasteiger partial charge in [-0.15, -0.1) is 11.3 Å². The van der Waals surface area contributed by atoms with Gasteiger partial charge >= 0.3 is 0 Å². The highest BCUT2D eigenvalue weighted by Gasteiger charge is 2.31. The van der Waals surface area contributed by atoms with Crippen LogP contribution in [0.25, 0.3) is 11.3 Å². The SMILES string of the molecule is COc1ccc(OC)c(-c2csc(=NCc3ccccc3)n2N=C2C(=O)N(C)c3ccccc32)c1. The third-order valence-electron chi connectivity index (χ3n) is 5.84. The lowest BCUT2D eigenvalue weighted by molar-refractivity contribution is -0.112. The Bertz CT molecular complexity index is 1490. The number of ether oxygens (including phenoxy) is 2. The van der Waals surface area contributed by atoms with E-state index in [9.17, 15) is 4.79 Å². The van der Waals surface area contributed by atoms with Crippen molar-refractivity contribution in [3.8, 4) is 22.8 Å². The van der Waals surface area contributed by atoms with Crippen molar-refractivity contribution in [3.05, 3.63) is 94.1 Å². The van der Waals surface area contributed by atoms with Gasteiger partial charge in [0.1, 0.15) is 11.5 Å². The number of likely N-dealkylation sites (N-methyl/N-ethyl adjacent to an activating group) is 1. The number of rotatable bonds is 6. The van der Waals surface area contributed by atoms with Gasteiger partial charge in [-0.2, -0.15) is 5.10 Å². The number of thiazole rings is 1. The van der Waals surface area contributed by atoms with E-state index in [0.717, 1.165) is 28.1 Å². The predicted molar refractivity (Wildman–Crippen MR) is 138 cm³/mol. The predicted octanol–water partition coefficient (Wildman–Crippen LogP) is 4.56. The molecule has 0 radical (unpaired) electrons. The molecule has 0 saturated carbocycles. The molecule has 0 N–H and O–H groups in total. The summed E-state index contributed by atoms with van der Waals surface area (Å²) in [6, 6.07) is 23.3. The van der Waals surface area contributed by atoms with Crippen LogP contribution in [-0.4, -0.2) is 37.6 Å². The smallest absolute Gasteiger partial charge is 0.279 e. The van der Waals surface area contributed by atoms with Crippen LogP contribution in [0.1, 0.15) is 11.1 Å². The van der Waals surface area contributed by atoms with Crippen LogP contribution in [0, 0.1) is 0 Å². The molecular weight excluding hydrogens is 460 g/mol. The summed E-state index contributed by atoms with van der Waals surface area (Å²) in [4.78, 5) is 20.3. The van der Waals surface area contributed by atoms with Crippen LogP contribution in [0.3, 0.4) is 0 Å². The second kappa shape index (κ2) is 9.60. The van der Waals surface area contributed by atoms with Crippen LogP contribution in [-0.2, 0) is 11.3 Å². The van der Waals surface area contributed by atoms with E-state index in [-0.39, 0.29) is 5.91 Å². The third-order valence-corrected chi connectivity index (χ3v) is 6.69. The summed E-state index contributed by atoms with van der Waals surface area (Å²) in [6.45, 7) is 0.491. The molecule has 8 heteroatoms. The van der Waals surface area contributed by atoms with Crippen molar-refractivity contribution in [3.63, 3.8) is 0 Å². The highest BCUT2D eigenvalue weighted by atomic mass is 32.1. The first-order chi connectivity index (χ1) is 17.1. The summed E-state index contributed by atoms with van der Waals surface area (Å²) in [6.07, 6.45) is 0. The van der Waals surface area contributed by atoms with Crippen molar-refractivity contribution in [2.75, 3.05) is 26.2 Å². The van der Waals surface area contributed by atoms with Crippen LogP contribution < -0.4 is 19.2 Å². The largest absolute Gasteiger partial charge is 0.497 e. The summed E-state index contributed by atoms with van der Waals surface area (Å²) < 4.78 is 12.8. The lowest BCUT2D eigenvalue weighted by Crippen LogP contribution is -2.27. The molecule has 0 atom stereocenters. The molecule has 7 nitrogen and oxygen atoms in total. The minimum absolute atomic E-state index is 0.164. The molecule has 1 aliphatic heterocycles. The Morgan fingerprint density at radius 2 is 1.69 bits per heavy atom. The van der Waals surface area contributed by atoms with Gasteiger partial charge in [0.15, 0.2) is 5.71 Å². The number of methoxy groups -OCH3 is 2. The molecular formula is C27H24N4O3S. The summed E-state index contributed by atoms with van der Waals surface area (Å²) in [5, 5.41) is 6.85. The summed E-state index contributed by atoms with van der Waals surface area (Å²) in [5.74, 6) is 1.20. The maximum Gasteiger partial charge on any atom is 0.279 e. The summed E-state index contributed by atoms with van der Waals surface area (Å²) in [5.41, 5.74) is 4.62. The van der Waals surface area contributed by atoms with E-state index in [1.165, 1.54) is 11.3 Å². The van der Waals surface area contributed by atoms with E-state index >= 15 is 0 Å². The minimum atomic E-state index is -0.164. The minimum Gasteiger partial charge on any atom is -0.497 e. The normalized spacial score (nSPS) is 14.5. The Morgan fingerprint density at radius 3 is 2.46 bits per heavy atom. The lowest BCUT2D eigenvalue weighted by atomic mass is 10.1. The van der Waals surface area contributed by atoms with Gasteiger partial charge in [-0.1, -0.05) is 48.5 Å². The molecule has 4 aromatic rings. The Labute approximate surface area is 207 Å². The molecule has 0 fully saturated rings. The first-order valence-corrected chi connectivity index (χ1v) is 11.9. The second-order valence-electron chi connectivity index (χ2n) is 7.91. The number of aromatic nitrogens is 1. The number of fused-ring (bicyclic) bond motifs is 1. The monoisotopic (exact) mass is 484 g/mol. The topological polar surface area (TPSA) is 68.4 Å². The van der Waals surface area contributed by atoms with Gasteiger partial charge in [-0.25, -0.2) is 4.68 Å². The van der Waals surface area contributed by atoms with E-state index < -0.39 is 0 Å². The van der Waals surface area contributed by atoms with Crippen molar-refractivity contribution in [2.45, 2.75) is 6.54 Å². The van der Waals surface area contributed by atoms with E-state index in [1.54, 1.807) is 30.8 Å². The first kappa shape index (κ1) is 22.6. The standard InChI is InChI=1S/C27H24N4O3S/c1-30-22-12-8-7-11-20(22)25(26(30)32)29-31-23(21-15-19(33-2)13-14-24(21)34-3)17-35-27(31)28-16-18-9-5-4-6-10-18/h4-15,17H,16H2,1-3H3. The molecule has 2 heterocycles. The number of anilines is 1. The van der Waals surface area contributed by atoms with Crippen molar-refractivity contribution in [2.24, 2.45) is 10.1 Å². The number of carbonyl (C=O) groups is 1. The van der Waals surface area contributed by atoms with Crippen LogP contribution >= 0.6 is 11.3 Å².